The van der Waals surface area contributed by atoms with Crippen LogP contribution < -0.4 is 0 Å². The molecule has 2 fully saturated rings. The fourth-order valence-corrected chi connectivity index (χ4v) is 4.00. The fraction of sp³-hybridized carbons (Fsp3) is 0.600. The Morgan fingerprint density at radius 3 is 2.48 bits per heavy atom. The molecule has 0 radical (unpaired) electrons. The van der Waals surface area contributed by atoms with E-state index in [1.54, 1.807) is 16.2 Å². The average molecular weight is 308 g/mol. The Bertz CT molecular complexity index is 549. The second kappa shape index (κ2) is 5.77. The summed E-state index contributed by atoms with van der Waals surface area (Å²) in [6.07, 6.45) is 0.953. The SMILES string of the molecule is Cc1ccc(C2CC2C(=O)N2CCN(C(=O)CO)CC2)s1. The molecule has 1 aromatic heterocycles. The summed E-state index contributed by atoms with van der Waals surface area (Å²) < 4.78 is 0. The van der Waals surface area contributed by atoms with Crippen molar-refractivity contribution in [1.29, 1.82) is 0 Å². The third-order valence-corrected chi connectivity index (χ3v) is 5.45. The lowest BCUT2D eigenvalue weighted by Crippen LogP contribution is -2.51. The summed E-state index contributed by atoms with van der Waals surface area (Å²) in [5, 5.41) is 8.85. The number of aliphatic hydroxyl groups is 1. The maximum absolute atomic E-state index is 12.5. The zero-order valence-corrected chi connectivity index (χ0v) is 12.9. The van der Waals surface area contributed by atoms with E-state index in [0.717, 1.165) is 6.42 Å². The number of aryl methyl sites for hydroxylation is 1. The first kappa shape index (κ1) is 14.5. The number of carbonyl (C=O) groups is 2. The monoisotopic (exact) mass is 308 g/mol. The van der Waals surface area contributed by atoms with Gasteiger partial charge in [-0.05, 0) is 25.5 Å². The molecule has 1 saturated heterocycles. The van der Waals surface area contributed by atoms with Crippen LogP contribution in [0.25, 0.3) is 0 Å². The Labute approximate surface area is 128 Å². The van der Waals surface area contributed by atoms with Gasteiger partial charge in [0.15, 0.2) is 0 Å². The smallest absolute Gasteiger partial charge is 0.248 e. The molecule has 2 atom stereocenters. The van der Waals surface area contributed by atoms with E-state index in [1.807, 2.05) is 4.90 Å². The van der Waals surface area contributed by atoms with E-state index in [-0.39, 0.29) is 17.7 Å². The lowest BCUT2D eigenvalue weighted by atomic mass is 10.2. The molecule has 2 amide bonds. The lowest BCUT2D eigenvalue weighted by Gasteiger charge is -2.34. The van der Waals surface area contributed by atoms with Crippen LogP contribution in [0.1, 0.15) is 22.1 Å². The van der Waals surface area contributed by atoms with Crippen LogP contribution in [0.2, 0.25) is 0 Å². The molecule has 21 heavy (non-hydrogen) atoms. The molecule has 6 heteroatoms. The second-order valence-electron chi connectivity index (χ2n) is 5.76. The van der Waals surface area contributed by atoms with Crippen LogP contribution in [-0.4, -0.2) is 59.5 Å². The molecule has 3 rings (SSSR count). The van der Waals surface area contributed by atoms with E-state index in [2.05, 4.69) is 19.1 Å². The third kappa shape index (κ3) is 2.96. The van der Waals surface area contributed by atoms with Gasteiger partial charge in [0.05, 0.1) is 0 Å². The van der Waals surface area contributed by atoms with Crippen LogP contribution in [0.15, 0.2) is 12.1 Å². The van der Waals surface area contributed by atoms with Gasteiger partial charge in [-0.25, -0.2) is 0 Å². The van der Waals surface area contributed by atoms with E-state index in [9.17, 15) is 9.59 Å². The van der Waals surface area contributed by atoms with Gasteiger partial charge in [0, 0.05) is 47.8 Å². The molecule has 1 aliphatic carbocycles. The highest BCUT2D eigenvalue weighted by atomic mass is 32.1. The first-order valence-electron chi connectivity index (χ1n) is 7.34. The Kier molecular flexibility index (Phi) is 3.99. The standard InChI is InChI=1S/C15H20N2O3S/c1-10-2-3-13(21-10)11-8-12(11)15(20)17-6-4-16(5-7-17)14(19)9-18/h2-3,11-12,18H,4-9H2,1H3. The van der Waals surface area contributed by atoms with Gasteiger partial charge in [-0.1, -0.05) is 0 Å². The summed E-state index contributed by atoms with van der Waals surface area (Å²) in [4.78, 5) is 30.0. The van der Waals surface area contributed by atoms with Crippen molar-refractivity contribution in [2.75, 3.05) is 32.8 Å². The van der Waals surface area contributed by atoms with Crippen molar-refractivity contribution in [1.82, 2.24) is 9.80 Å². The number of aliphatic hydroxyl groups excluding tert-OH is 1. The molecule has 2 heterocycles. The molecule has 0 spiro atoms. The van der Waals surface area contributed by atoms with Gasteiger partial charge in [0.2, 0.25) is 11.8 Å². The molecule has 0 bridgehead atoms. The van der Waals surface area contributed by atoms with Gasteiger partial charge in [-0.3, -0.25) is 9.59 Å². The Hall–Kier alpha value is -1.40. The molecule has 2 unspecified atom stereocenters. The molecular formula is C15H20N2O3S. The van der Waals surface area contributed by atoms with Gasteiger partial charge >= 0.3 is 0 Å². The zero-order valence-electron chi connectivity index (χ0n) is 12.1. The molecule has 1 aromatic rings. The number of amides is 2. The summed E-state index contributed by atoms with van der Waals surface area (Å²) >= 11 is 1.78. The second-order valence-corrected chi connectivity index (χ2v) is 7.08. The molecule has 1 saturated carbocycles. The molecule has 5 nitrogen and oxygen atoms in total. The Balaban J connectivity index is 1.53. The van der Waals surface area contributed by atoms with E-state index in [0.29, 0.717) is 32.1 Å². The van der Waals surface area contributed by atoms with Crippen LogP contribution in [0, 0.1) is 12.8 Å². The maximum atomic E-state index is 12.5. The van der Waals surface area contributed by atoms with Crippen LogP contribution in [0.4, 0.5) is 0 Å². The molecule has 1 N–H and O–H groups in total. The molecule has 1 aliphatic heterocycles. The van der Waals surface area contributed by atoms with Crippen molar-refractivity contribution in [2.24, 2.45) is 5.92 Å². The van der Waals surface area contributed by atoms with Crippen molar-refractivity contribution in [2.45, 2.75) is 19.3 Å². The molecule has 0 aromatic carbocycles. The topological polar surface area (TPSA) is 60.9 Å². The Morgan fingerprint density at radius 2 is 1.90 bits per heavy atom. The predicted molar refractivity (Wildman–Crippen MR) is 80.1 cm³/mol. The highest BCUT2D eigenvalue weighted by Gasteiger charge is 2.46. The van der Waals surface area contributed by atoms with Crippen molar-refractivity contribution in [3.8, 4) is 0 Å². The fourth-order valence-electron chi connectivity index (χ4n) is 2.95. The summed E-state index contributed by atoms with van der Waals surface area (Å²) in [6.45, 7) is 3.86. The van der Waals surface area contributed by atoms with Gasteiger partial charge in [-0.2, -0.15) is 0 Å². The highest BCUT2D eigenvalue weighted by molar-refractivity contribution is 7.12. The van der Waals surface area contributed by atoms with Crippen molar-refractivity contribution < 1.29 is 14.7 Å². The van der Waals surface area contributed by atoms with Gasteiger partial charge in [0.25, 0.3) is 0 Å². The predicted octanol–water partition coefficient (Wildman–Crippen LogP) is 0.823. The quantitative estimate of drug-likeness (QED) is 0.899. The van der Waals surface area contributed by atoms with Crippen LogP contribution in [0.5, 0.6) is 0 Å². The first-order valence-corrected chi connectivity index (χ1v) is 8.15. The number of thiophene rings is 1. The summed E-state index contributed by atoms with van der Waals surface area (Å²) in [7, 11) is 0. The lowest BCUT2D eigenvalue weighted by molar-refractivity contribution is -0.141. The van der Waals surface area contributed by atoms with E-state index in [1.165, 1.54) is 9.75 Å². The number of piperazine rings is 1. The Morgan fingerprint density at radius 1 is 1.24 bits per heavy atom. The van der Waals surface area contributed by atoms with Crippen LogP contribution in [0.3, 0.4) is 0 Å². The van der Waals surface area contributed by atoms with Crippen molar-refractivity contribution in [3.05, 3.63) is 21.9 Å². The molecular weight excluding hydrogens is 288 g/mol. The highest BCUT2D eigenvalue weighted by Crippen LogP contribution is 2.50. The minimum atomic E-state index is -0.448. The van der Waals surface area contributed by atoms with Gasteiger partial charge < -0.3 is 14.9 Å². The molecule has 2 aliphatic rings. The minimum absolute atomic E-state index is 0.128. The number of hydrogen-bond acceptors (Lipinski definition) is 4. The first-order chi connectivity index (χ1) is 10.1. The van der Waals surface area contributed by atoms with Gasteiger partial charge in [0.1, 0.15) is 6.61 Å². The average Bonchev–Trinajstić information content (AvgIpc) is 3.20. The number of rotatable bonds is 3. The minimum Gasteiger partial charge on any atom is -0.387 e. The number of carbonyl (C=O) groups excluding carboxylic acids is 2. The number of hydrogen-bond donors (Lipinski definition) is 1. The normalized spacial score (nSPS) is 25.0. The third-order valence-electron chi connectivity index (χ3n) is 4.31. The largest absolute Gasteiger partial charge is 0.387 e. The van der Waals surface area contributed by atoms with Crippen LogP contribution >= 0.6 is 11.3 Å². The van der Waals surface area contributed by atoms with Crippen molar-refractivity contribution >= 4 is 23.2 Å². The van der Waals surface area contributed by atoms with Crippen LogP contribution in [-0.2, 0) is 9.59 Å². The number of nitrogens with zero attached hydrogens (tertiary/aromatic N) is 2. The van der Waals surface area contributed by atoms with Gasteiger partial charge in [-0.15, -0.1) is 11.3 Å². The summed E-state index contributed by atoms with van der Waals surface area (Å²) in [6, 6.07) is 4.24. The van der Waals surface area contributed by atoms with E-state index < -0.39 is 6.61 Å². The zero-order chi connectivity index (χ0) is 15.0. The summed E-state index contributed by atoms with van der Waals surface area (Å²) in [5.74, 6) is 0.499. The molecule has 114 valence electrons. The summed E-state index contributed by atoms with van der Waals surface area (Å²) in [5.41, 5.74) is 0. The maximum Gasteiger partial charge on any atom is 0.248 e. The van der Waals surface area contributed by atoms with E-state index in [4.69, 9.17) is 5.11 Å². The van der Waals surface area contributed by atoms with Crippen molar-refractivity contribution in [3.63, 3.8) is 0 Å². The van der Waals surface area contributed by atoms with E-state index >= 15 is 0 Å².